The van der Waals surface area contributed by atoms with Crippen LogP contribution in [0.15, 0.2) is 115 Å². The molecule has 1 aromatic heterocycles. The number of benzene rings is 4. The average Bonchev–Trinajstić information content (AvgIpc) is 3.39. The molecule has 3 nitrogen and oxygen atoms in total. The van der Waals surface area contributed by atoms with Crippen LogP contribution < -0.4 is 5.32 Å². The van der Waals surface area contributed by atoms with Gasteiger partial charge in [0.1, 0.15) is 6.04 Å². The van der Waals surface area contributed by atoms with Crippen molar-refractivity contribution >= 4 is 5.69 Å². The second kappa shape index (κ2) is 9.74. The van der Waals surface area contributed by atoms with Crippen molar-refractivity contribution in [2.24, 2.45) is 0 Å². The number of anilines is 1. The minimum atomic E-state index is -0.0295. The number of aromatic nitrogens is 2. The summed E-state index contributed by atoms with van der Waals surface area (Å²) < 4.78 is 2.15. The molecule has 5 aromatic rings. The van der Waals surface area contributed by atoms with Gasteiger partial charge in [-0.05, 0) is 39.8 Å². The molecule has 1 N–H and O–H groups in total. The van der Waals surface area contributed by atoms with Gasteiger partial charge in [0, 0.05) is 23.4 Å². The zero-order chi connectivity index (χ0) is 25.4. The minimum absolute atomic E-state index is 0.00530. The quantitative estimate of drug-likeness (QED) is 0.271. The Balaban J connectivity index is 1.56. The second-order valence-electron chi connectivity index (χ2n) is 10.3. The van der Waals surface area contributed by atoms with Crippen molar-refractivity contribution in [2.45, 2.75) is 44.7 Å². The van der Waals surface area contributed by atoms with Gasteiger partial charge in [0.05, 0.1) is 11.7 Å². The first-order chi connectivity index (χ1) is 18.1. The highest BCUT2D eigenvalue weighted by molar-refractivity contribution is 5.66. The van der Waals surface area contributed by atoms with E-state index in [4.69, 9.17) is 5.10 Å². The standard InChI is InChI=1S/C34H33N3/c1-23(2)27-19-12-20-29-24(3)28-17-10-11-18-30(28)33(35-32(27)29)34(26-15-8-5-9-16-26)37-22-21-31(36-37)25-13-6-4-7-14-25/h4-24,33-35H,1-3H3/t24?,33-,34-/m0/s1. The Morgan fingerprint density at radius 2 is 1.35 bits per heavy atom. The number of nitrogens with zero attached hydrogens (tertiary/aromatic N) is 2. The average molecular weight is 484 g/mol. The third-order valence-electron chi connectivity index (χ3n) is 7.73. The van der Waals surface area contributed by atoms with Gasteiger partial charge in [0.15, 0.2) is 0 Å². The summed E-state index contributed by atoms with van der Waals surface area (Å²) in [6, 6.07) is 39.0. The topological polar surface area (TPSA) is 29.9 Å². The second-order valence-corrected chi connectivity index (χ2v) is 10.3. The normalized spacial score (nSPS) is 17.4. The SMILES string of the molecule is CC(C)c1cccc2c1N[C@H]([C@H](c1ccccc1)n1ccc(-c3ccccc3)n1)c1ccccc1C2C. The molecule has 184 valence electrons. The van der Waals surface area contributed by atoms with Crippen molar-refractivity contribution in [1.82, 2.24) is 9.78 Å². The lowest BCUT2D eigenvalue weighted by Crippen LogP contribution is -2.26. The van der Waals surface area contributed by atoms with E-state index < -0.39 is 0 Å². The van der Waals surface area contributed by atoms with Crippen molar-refractivity contribution in [3.05, 3.63) is 143 Å². The van der Waals surface area contributed by atoms with Crippen LogP contribution in [-0.4, -0.2) is 9.78 Å². The van der Waals surface area contributed by atoms with Gasteiger partial charge in [-0.15, -0.1) is 0 Å². The summed E-state index contributed by atoms with van der Waals surface area (Å²) in [5.74, 6) is 0.706. The highest BCUT2D eigenvalue weighted by Crippen LogP contribution is 2.47. The molecule has 0 fully saturated rings. The summed E-state index contributed by atoms with van der Waals surface area (Å²) in [5, 5.41) is 9.23. The number of rotatable bonds is 5. The monoisotopic (exact) mass is 483 g/mol. The molecule has 4 aromatic carbocycles. The molecule has 0 saturated heterocycles. The fourth-order valence-corrected chi connectivity index (χ4v) is 5.84. The fraction of sp³-hybridized carbons (Fsp3) is 0.206. The minimum Gasteiger partial charge on any atom is -0.375 e. The number of nitrogens with one attached hydrogen (secondary N) is 1. The Bertz CT molecular complexity index is 1500. The molecule has 0 spiro atoms. The zero-order valence-electron chi connectivity index (χ0n) is 21.7. The first-order valence-corrected chi connectivity index (χ1v) is 13.3. The van der Waals surface area contributed by atoms with Crippen LogP contribution in [0.4, 0.5) is 5.69 Å². The van der Waals surface area contributed by atoms with Gasteiger partial charge in [-0.25, -0.2) is 0 Å². The largest absolute Gasteiger partial charge is 0.375 e. The van der Waals surface area contributed by atoms with E-state index in [1.54, 1.807) is 0 Å². The molecule has 1 unspecified atom stereocenters. The maximum Gasteiger partial charge on any atom is 0.101 e. The summed E-state index contributed by atoms with van der Waals surface area (Å²) in [7, 11) is 0. The van der Waals surface area contributed by atoms with E-state index in [0.717, 1.165) is 11.3 Å². The summed E-state index contributed by atoms with van der Waals surface area (Å²) >= 11 is 0. The van der Waals surface area contributed by atoms with Gasteiger partial charge < -0.3 is 5.32 Å². The molecule has 3 heteroatoms. The maximum atomic E-state index is 5.15. The first-order valence-electron chi connectivity index (χ1n) is 13.3. The van der Waals surface area contributed by atoms with E-state index in [0.29, 0.717) is 5.92 Å². The van der Waals surface area contributed by atoms with E-state index in [1.807, 2.05) is 6.07 Å². The molecule has 1 aliphatic rings. The molecule has 37 heavy (non-hydrogen) atoms. The van der Waals surface area contributed by atoms with Crippen LogP contribution in [0.3, 0.4) is 0 Å². The van der Waals surface area contributed by atoms with E-state index in [-0.39, 0.29) is 18.0 Å². The molecule has 0 aliphatic carbocycles. The van der Waals surface area contributed by atoms with Crippen molar-refractivity contribution in [3.63, 3.8) is 0 Å². The Hall–Kier alpha value is -4.11. The third kappa shape index (κ3) is 4.25. The molecule has 2 heterocycles. The van der Waals surface area contributed by atoms with Crippen molar-refractivity contribution in [2.75, 3.05) is 5.32 Å². The Morgan fingerprint density at radius 3 is 2.08 bits per heavy atom. The van der Waals surface area contributed by atoms with Crippen molar-refractivity contribution < 1.29 is 0 Å². The molecule has 0 bridgehead atoms. The predicted molar refractivity (Wildman–Crippen MR) is 153 cm³/mol. The Labute approximate surface area is 219 Å². The van der Waals surface area contributed by atoms with Crippen LogP contribution in [0.2, 0.25) is 0 Å². The molecule has 0 saturated carbocycles. The molecule has 3 atom stereocenters. The molecule has 6 rings (SSSR count). The van der Waals surface area contributed by atoms with Gasteiger partial charge in [-0.1, -0.05) is 124 Å². The number of fused-ring (bicyclic) bond motifs is 2. The van der Waals surface area contributed by atoms with Crippen LogP contribution >= 0.6 is 0 Å². The maximum absolute atomic E-state index is 5.15. The summed E-state index contributed by atoms with van der Waals surface area (Å²) in [6.45, 7) is 6.90. The number of hydrogen-bond acceptors (Lipinski definition) is 2. The van der Waals surface area contributed by atoms with Crippen LogP contribution in [0, 0.1) is 0 Å². The highest BCUT2D eigenvalue weighted by atomic mass is 15.3. The lowest BCUT2D eigenvalue weighted by molar-refractivity contribution is 0.463. The van der Waals surface area contributed by atoms with Crippen LogP contribution in [0.25, 0.3) is 11.3 Å². The molecule has 0 amide bonds. The van der Waals surface area contributed by atoms with E-state index >= 15 is 0 Å². The first kappa shape index (κ1) is 23.3. The number of para-hydroxylation sites is 1. The van der Waals surface area contributed by atoms with Gasteiger partial charge in [-0.3, -0.25) is 4.68 Å². The molecular weight excluding hydrogens is 450 g/mol. The van der Waals surface area contributed by atoms with E-state index in [1.165, 1.54) is 33.5 Å². The fourth-order valence-electron chi connectivity index (χ4n) is 5.84. The Kier molecular flexibility index (Phi) is 6.13. The van der Waals surface area contributed by atoms with E-state index in [2.05, 4.69) is 140 Å². The van der Waals surface area contributed by atoms with Crippen molar-refractivity contribution in [1.29, 1.82) is 0 Å². The van der Waals surface area contributed by atoms with Crippen LogP contribution in [-0.2, 0) is 0 Å². The van der Waals surface area contributed by atoms with Gasteiger partial charge >= 0.3 is 0 Å². The lowest BCUT2D eigenvalue weighted by Gasteiger charge is -2.31. The van der Waals surface area contributed by atoms with E-state index in [9.17, 15) is 0 Å². The number of hydrogen-bond donors (Lipinski definition) is 1. The predicted octanol–water partition coefficient (Wildman–Crippen LogP) is 8.58. The molecular formula is C34H33N3. The van der Waals surface area contributed by atoms with Gasteiger partial charge in [-0.2, -0.15) is 5.10 Å². The summed E-state index contributed by atoms with van der Waals surface area (Å²) in [4.78, 5) is 0. The van der Waals surface area contributed by atoms with Crippen LogP contribution in [0.5, 0.6) is 0 Å². The molecule has 1 aliphatic heterocycles. The smallest absolute Gasteiger partial charge is 0.101 e. The summed E-state index contributed by atoms with van der Waals surface area (Å²) in [5.41, 5.74) is 10.0. The lowest BCUT2D eigenvalue weighted by atomic mass is 9.85. The van der Waals surface area contributed by atoms with Crippen LogP contribution in [0.1, 0.15) is 72.5 Å². The van der Waals surface area contributed by atoms with Gasteiger partial charge in [0.2, 0.25) is 0 Å². The Morgan fingerprint density at radius 1 is 0.703 bits per heavy atom. The van der Waals surface area contributed by atoms with Gasteiger partial charge in [0.25, 0.3) is 0 Å². The van der Waals surface area contributed by atoms with Crippen molar-refractivity contribution in [3.8, 4) is 11.3 Å². The zero-order valence-corrected chi connectivity index (χ0v) is 21.7. The summed E-state index contributed by atoms with van der Waals surface area (Å²) in [6.07, 6.45) is 2.13. The third-order valence-corrected chi connectivity index (χ3v) is 7.73. The molecule has 0 radical (unpaired) electrons. The highest BCUT2D eigenvalue weighted by Gasteiger charge is 2.34.